The highest BCUT2D eigenvalue weighted by molar-refractivity contribution is 6.01. The first-order valence-corrected chi connectivity index (χ1v) is 29.2. The molecule has 0 aliphatic heterocycles. The number of anilines is 6. The molecule has 0 heterocycles. The maximum Gasteiger partial charge on any atom is 0.0540 e. The first kappa shape index (κ1) is 52.4. The van der Waals surface area contributed by atoms with Gasteiger partial charge >= 0.3 is 0 Å². The predicted octanol–water partition coefficient (Wildman–Crippen LogP) is 22.5. The highest BCUT2D eigenvalue weighted by Gasteiger charge is 2.38. The molecule has 13 rings (SSSR count). The molecule has 2 aliphatic carbocycles. The van der Waals surface area contributed by atoms with E-state index in [-0.39, 0.29) is 21.7 Å². The van der Waals surface area contributed by atoms with Gasteiger partial charge in [0.2, 0.25) is 0 Å². The van der Waals surface area contributed by atoms with Crippen molar-refractivity contribution in [2.75, 3.05) is 9.80 Å². The minimum Gasteiger partial charge on any atom is -0.310 e. The van der Waals surface area contributed by atoms with Crippen molar-refractivity contribution in [3.8, 4) is 22.3 Å². The molecule has 0 amide bonds. The second-order valence-electron chi connectivity index (χ2n) is 25.9. The maximum absolute atomic E-state index is 2.44. The number of hydrogen-bond acceptors (Lipinski definition) is 2. The fraction of sp³-hybridized carbons (Fsp3) is 0.175. The van der Waals surface area contributed by atoms with Gasteiger partial charge in [-0.1, -0.05) is 263 Å². The van der Waals surface area contributed by atoms with Gasteiger partial charge in [-0.05, 0) is 160 Å². The molecule has 2 nitrogen and oxygen atoms in total. The van der Waals surface area contributed by atoms with E-state index in [9.17, 15) is 0 Å². The van der Waals surface area contributed by atoms with Crippen LogP contribution in [0.15, 0.2) is 231 Å². The summed E-state index contributed by atoms with van der Waals surface area (Å²) in [7, 11) is 0. The third-order valence-electron chi connectivity index (χ3n) is 17.8. The van der Waals surface area contributed by atoms with Gasteiger partial charge < -0.3 is 9.80 Å². The molecule has 0 fully saturated rings. The van der Waals surface area contributed by atoms with Crippen molar-refractivity contribution >= 4 is 80.0 Å². The second kappa shape index (κ2) is 19.9. The molecule has 0 saturated carbocycles. The zero-order chi connectivity index (χ0) is 56.7. The van der Waals surface area contributed by atoms with Crippen molar-refractivity contribution in [1.82, 2.24) is 0 Å². The summed E-state index contributed by atoms with van der Waals surface area (Å²) in [6.07, 6.45) is 9.01. The predicted molar refractivity (Wildman–Crippen MR) is 354 cm³/mol. The van der Waals surface area contributed by atoms with Crippen LogP contribution in [-0.4, -0.2) is 0 Å². The Kier molecular flexibility index (Phi) is 12.7. The topological polar surface area (TPSA) is 6.48 Å². The van der Waals surface area contributed by atoms with Crippen molar-refractivity contribution in [2.45, 2.75) is 90.9 Å². The number of hydrogen-bond donors (Lipinski definition) is 0. The van der Waals surface area contributed by atoms with E-state index in [1.54, 1.807) is 0 Å². The van der Waals surface area contributed by atoms with E-state index in [1.807, 2.05) is 0 Å². The summed E-state index contributed by atoms with van der Waals surface area (Å²) in [4.78, 5) is 4.89. The van der Waals surface area contributed by atoms with Crippen LogP contribution in [0.2, 0.25) is 0 Å². The van der Waals surface area contributed by atoms with Gasteiger partial charge in [-0.2, -0.15) is 0 Å². The maximum atomic E-state index is 2.44. The van der Waals surface area contributed by atoms with Crippen molar-refractivity contribution in [3.63, 3.8) is 0 Å². The van der Waals surface area contributed by atoms with Crippen LogP contribution in [-0.2, 0) is 21.7 Å². The van der Waals surface area contributed by atoms with E-state index in [1.165, 1.54) is 111 Å². The molecular weight excluding hydrogens is 989 g/mol. The van der Waals surface area contributed by atoms with Gasteiger partial charge in [0.1, 0.15) is 0 Å². The summed E-state index contributed by atoms with van der Waals surface area (Å²) >= 11 is 0. The summed E-state index contributed by atoms with van der Waals surface area (Å²) < 4.78 is 0. The first-order valence-electron chi connectivity index (χ1n) is 29.2. The third-order valence-corrected chi connectivity index (χ3v) is 17.8. The number of rotatable bonds is 10. The standard InChI is InChI=1S/C80H72N2/c1-77(2,3)59-35-39-61(40-36-59)81(75-23-15-19-57-17-11-13-21-65(57)75)63-43-47-69-67-45-33-55(49-71(67)79(7,8)73(69)51-63)31-29-53-25-27-54(28-26-53)30-32-56-34-46-68-70-48-44-64(52-74(70)80(9,10)72(68)50-56)82(62-41-37-60(38-42-62)78(4,5)6)76-24-16-20-58-18-12-14-22-66(58)76/h11-52H,1-10H3. The van der Waals surface area contributed by atoms with Gasteiger partial charge in [0, 0.05) is 44.4 Å². The number of fused-ring (bicyclic) bond motifs is 8. The van der Waals surface area contributed by atoms with Crippen LogP contribution in [0.1, 0.15) is 125 Å². The molecule has 11 aromatic carbocycles. The summed E-state index contributed by atoms with van der Waals surface area (Å²) in [5, 5.41) is 4.93. The Morgan fingerprint density at radius 2 is 0.598 bits per heavy atom. The fourth-order valence-electron chi connectivity index (χ4n) is 13.0. The van der Waals surface area contributed by atoms with Crippen molar-refractivity contribution < 1.29 is 0 Å². The SMILES string of the molecule is CC(C)(C)c1ccc(N(c2ccc3c(c2)C(C)(C)c2cc(C=Cc4ccc(C=Cc5ccc6c(c5)C(C)(C)c5cc(N(c7ccc(C(C)(C)C)cc7)c7cccc8ccccc78)ccc5-6)cc4)ccc2-3)c2cccc3ccccc23)cc1. The van der Waals surface area contributed by atoms with Crippen LogP contribution < -0.4 is 9.80 Å². The largest absolute Gasteiger partial charge is 0.310 e. The Labute approximate surface area is 486 Å². The monoisotopic (exact) mass is 1060 g/mol. The minimum absolute atomic E-state index is 0.0696. The molecule has 11 aromatic rings. The summed E-state index contributed by atoms with van der Waals surface area (Å²) in [5.41, 5.74) is 24.8. The average molecular weight is 1060 g/mol. The quantitative estimate of drug-likeness (QED) is 0.126. The molecule has 402 valence electrons. The zero-order valence-corrected chi connectivity index (χ0v) is 49.1. The molecule has 0 spiro atoms. The van der Waals surface area contributed by atoms with Crippen LogP contribution in [0.5, 0.6) is 0 Å². The molecule has 2 aliphatic rings. The highest BCUT2D eigenvalue weighted by Crippen LogP contribution is 2.54. The van der Waals surface area contributed by atoms with Gasteiger partial charge in [-0.25, -0.2) is 0 Å². The van der Waals surface area contributed by atoms with E-state index < -0.39 is 0 Å². The van der Waals surface area contributed by atoms with Gasteiger partial charge in [0.15, 0.2) is 0 Å². The molecule has 0 saturated heterocycles. The molecule has 0 radical (unpaired) electrons. The second-order valence-corrected chi connectivity index (χ2v) is 25.9. The number of nitrogens with zero attached hydrogens (tertiary/aromatic N) is 2. The smallest absolute Gasteiger partial charge is 0.0540 e. The van der Waals surface area contributed by atoms with Crippen LogP contribution in [0.3, 0.4) is 0 Å². The highest BCUT2D eigenvalue weighted by atomic mass is 15.1. The molecule has 0 unspecified atom stereocenters. The average Bonchev–Trinajstić information content (AvgIpc) is 3.93. The third kappa shape index (κ3) is 9.35. The summed E-state index contributed by atoms with van der Waals surface area (Å²) in [6.45, 7) is 23.2. The van der Waals surface area contributed by atoms with Gasteiger partial charge in [0.25, 0.3) is 0 Å². The van der Waals surface area contributed by atoms with Crippen molar-refractivity contribution in [1.29, 1.82) is 0 Å². The Bertz CT molecular complexity index is 4030. The lowest BCUT2D eigenvalue weighted by Crippen LogP contribution is -2.17. The molecule has 0 aromatic heterocycles. The lowest BCUT2D eigenvalue weighted by atomic mass is 9.81. The van der Waals surface area contributed by atoms with E-state index >= 15 is 0 Å². The Hall–Kier alpha value is -8.98. The minimum atomic E-state index is -0.193. The van der Waals surface area contributed by atoms with Crippen molar-refractivity contribution in [3.05, 3.63) is 286 Å². The summed E-state index contributed by atoms with van der Waals surface area (Å²) in [6, 6.07) is 86.2. The van der Waals surface area contributed by atoms with Crippen LogP contribution >= 0.6 is 0 Å². The Balaban J connectivity index is 0.730. The van der Waals surface area contributed by atoms with E-state index in [2.05, 4.69) is 334 Å². The first-order chi connectivity index (χ1) is 39.4. The van der Waals surface area contributed by atoms with Gasteiger partial charge in [-0.15, -0.1) is 0 Å². The molecule has 82 heavy (non-hydrogen) atoms. The van der Waals surface area contributed by atoms with E-state index in [4.69, 9.17) is 0 Å². The fourth-order valence-corrected chi connectivity index (χ4v) is 13.0. The van der Waals surface area contributed by atoms with E-state index in [0.717, 1.165) is 22.7 Å². The normalized spacial score (nSPS) is 14.1. The zero-order valence-electron chi connectivity index (χ0n) is 49.1. The molecule has 0 atom stereocenters. The molecule has 2 heteroatoms. The van der Waals surface area contributed by atoms with Gasteiger partial charge in [-0.3, -0.25) is 0 Å². The van der Waals surface area contributed by atoms with E-state index in [0.29, 0.717) is 0 Å². The number of benzene rings is 11. The Morgan fingerprint density at radius 3 is 0.976 bits per heavy atom. The van der Waals surface area contributed by atoms with Crippen LogP contribution in [0.25, 0.3) is 68.1 Å². The Morgan fingerprint density at radius 1 is 0.293 bits per heavy atom. The van der Waals surface area contributed by atoms with Crippen LogP contribution in [0.4, 0.5) is 34.1 Å². The van der Waals surface area contributed by atoms with Crippen LogP contribution in [0, 0.1) is 0 Å². The van der Waals surface area contributed by atoms with Crippen molar-refractivity contribution in [2.24, 2.45) is 0 Å². The lowest BCUT2D eigenvalue weighted by molar-refractivity contribution is 0.590. The lowest BCUT2D eigenvalue weighted by Gasteiger charge is -2.30. The summed E-state index contributed by atoms with van der Waals surface area (Å²) in [5.74, 6) is 0. The van der Waals surface area contributed by atoms with Gasteiger partial charge in [0.05, 0.1) is 11.4 Å². The molecule has 0 bridgehead atoms. The molecular formula is C80H72N2. The molecule has 0 N–H and O–H groups in total.